The fraction of sp³-hybridized carbons (Fsp3) is 0.0345. The lowest BCUT2D eigenvalue weighted by Crippen LogP contribution is -2.09. The maximum Gasteiger partial charge on any atom is 0.135 e. The summed E-state index contributed by atoms with van der Waals surface area (Å²) in [7, 11) is 0. The van der Waals surface area contributed by atoms with Crippen molar-refractivity contribution in [3.8, 4) is 55.6 Å². The summed E-state index contributed by atoms with van der Waals surface area (Å²) in [5.74, 6) is 0.998. The highest BCUT2D eigenvalue weighted by Crippen LogP contribution is 2.40. The number of aryl methyl sites for hydroxylation is 1. The van der Waals surface area contributed by atoms with Crippen molar-refractivity contribution in [2.24, 2.45) is 0 Å². The molecule has 0 aliphatic heterocycles. The molecule has 1 aromatic heterocycles. The van der Waals surface area contributed by atoms with Crippen LogP contribution < -0.4 is 4.90 Å². The quantitative estimate of drug-likeness (QED) is 0.153. The number of allylic oxidation sites excluding steroid dienone is 1. The average Bonchev–Trinajstić information content (AvgIpc) is 3.71. The molecule has 0 radical (unpaired) electrons. The first kappa shape index (κ1) is 35.5. The number of nitrogens with zero attached hydrogens (tertiary/aromatic N) is 1. The standard InChI is InChI=1S/C58H41NO/c1-2-12-43(13-3-1)53-17-6-7-18-54(53)44-27-34-52(35-28-44)59(51-32-25-42(26-33-51)49-29-36-58-56(39-49)55-19-8-9-20-57(55)60-58)50-30-23-41(24-31-50)46-15-10-16-47(37-46)48-22-21-40-11-4-5-14-45(40)38-48/h1-7,9-18,20-39H,8,19H2. The van der Waals surface area contributed by atoms with Crippen molar-refractivity contribution in [3.63, 3.8) is 0 Å². The highest BCUT2D eigenvalue weighted by molar-refractivity contribution is 5.91. The van der Waals surface area contributed by atoms with E-state index in [-0.39, 0.29) is 0 Å². The van der Waals surface area contributed by atoms with Gasteiger partial charge in [0.2, 0.25) is 0 Å². The van der Waals surface area contributed by atoms with Crippen LogP contribution in [0.15, 0.2) is 223 Å². The summed E-state index contributed by atoms with van der Waals surface area (Å²) in [5.41, 5.74) is 17.6. The van der Waals surface area contributed by atoms with Gasteiger partial charge in [0.25, 0.3) is 0 Å². The van der Waals surface area contributed by atoms with Gasteiger partial charge in [0.05, 0.1) is 0 Å². The highest BCUT2D eigenvalue weighted by atomic mass is 16.3. The molecule has 0 unspecified atom stereocenters. The van der Waals surface area contributed by atoms with E-state index in [1.165, 1.54) is 77.4 Å². The molecule has 0 fully saturated rings. The highest BCUT2D eigenvalue weighted by Gasteiger charge is 2.17. The van der Waals surface area contributed by atoms with Crippen LogP contribution in [-0.2, 0) is 6.42 Å². The Kier molecular flexibility index (Phi) is 9.02. The Morgan fingerprint density at radius 2 is 0.867 bits per heavy atom. The Hall–Kier alpha value is -7.68. The summed E-state index contributed by atoms with van der Waals surface area (Å²) in [4.78, 5) is 2.36. The van der Waals surface area contributed by atoms with E-state index < -0.39 is 0 Å². The first-order valence-electron chi connectivity index (χ1n) is 20.8. The van der Waals surface area contributed by atoms with Crippen LogP contribution in [0.25, 0.3) is 83.5 Å². The van der Waals surface area contributed by atoms with Crippen molar-refractivity contribution in [3.05, 3.63) is 230 Å². The van der Waals surface area contributed by atoms with Gasteiger partial charge < -0.3 is 9.32 Å². The van der Waals surface area contributed by atoms with Gasteiger partial charge >= 0.3 is 0 Å². The fourth-order valence-corrected chi connectivity index (χ4v) is 8.85. The summed E-state index contributed by atoms with van der Waals surface area (Å²) in [6, 6.07) is 77.0. The van der Waals surface area contributed by atoms with Gasteiger partial charge in [-0.25, -0.2) is 0 Å². The van der Waals surface area contributed by atoms with Gasteiger partial charge in [-0.05, 0) is 146 Å². The first-order valence-corrected chi connectivity index (χ1v) is 20.8. The van der Waals surface area contributed by atoms with E-state index in [0.29, 0.717) is 0 Å². The lowest BCUT2D eigenvalue weighted by Gasteiger charge is -2.26. The van der Waals surface area contributed by atoms with Crippen LogP contribution in [-0.4, -0.2) is 0 Å². The Balaban J connectivity index is 0.950. The van der Waals surface area contributed by atoms with Crippen molar-refractivity contribution in [1.82, 2.24) is 0 Å². The minimum Gasteiger partial charge on any atom is -0.456 e. The number of anilines is 3. The third-order valence-electron chi connectivity index (χ3n) is 12.0. The lowest BCUT2D eigenvalue weighted by molar-refractivity contribution is 0.595. The fourth-order valence-electron chi connectivity index (χ4n) is 8.85. The number of rotatable bonds is 8. The molecule has 9 aromatic carbocycles. The van der Waals surface area contributed by atoms with Gasteiger partial charge in [0.15, 0.2) is 0 Å². The summed E-state index contributed by atoms with van der Waals surface area (Å²) in [5, 5.41) is 3.72. The van der Waals surface area contributed by atoms with E-state index >= 15 is 0 Å². The van der Waals surface area contributed by atoms with Gasteiger partial charge in [0.1, 0.15) is 11.3 Å². The van der Waals surface area contributed by atoms with Crippen LogP contribution in [0.1, 0.15) is 17.7 Å². The third kappa shape index (κ3) is 6.68. The van der Waals surface area contributed by atoms with E-state index in [2.05, 4.69) is 229 Å². The van der Waals surface area contributed by atoms with Crippen molar-refractivity contribution >= 4 is 44.9 Å². The van der Waals surface area contributed by atoms with Crippen molar-refractivity contribution in [1.29, 1.82) is 0 Å². The molecule has 0 saturated heterocycles. The molecule has 0 bridgehead atoms. The minimum atomic E-state index is 0.955. The van der Waals surface area contributed by atoms with Crippen molar-refractivity contribution in [2.45, 2.75) is 12.8 Å². The van der Waals surface area contributed by atoms with Crippen LogP contribution >= 0.6 is 0 Å². The van der Waals surface area contributed by atoms with E-state index in [1.54, 1.807) is 0 Å². The first-order chi connectivity index (χ1) is 29.7. The van der Waals surface area contributed by atoms with Gasteiger partial charge in [-0.15, -0.1) is 0 Å². The second-order valence-corrected chi connectivity index (χ2v) is 15.6. The normalized spacial score (nSPS) is 12.1. The Labute approximate surface area is 351 Å². The molecule has 1 aliphatic carbocycles. The SMILES string of the molecule is C1=Cc2oc3ccc(-c4ccc(N(c5ccc(-c6cccc(-c7ccc8ccccc8c7)c6)cc5)c5ccc(-c6ccccc6-c6ccccc6)cc5)cc4)cc3c2CC1. The Bertz CT molecular complexity index is 3170. The molecule has 1 heterocycles. The van der Waals surface area contributed by atoms with Crippen LogP contribution in [0.4, 0.5) is 17.1 Å². The number of fused-ring (bicyclic) bond motifs is 4. The van der Waals surface area contributed by atoms with Gasteiger partial charge in [0, 0.05) is 28.0 Å². The van der Waals surface area contributed by atoms with E-state index in [9.17, 15) is 0 Å². The largest absolute Gasteiger partial charge is 0.456 e. The number of hydrogen-bond acceptors (Lipinski definition) is 2. The monoisotopic (exact) mass is 767 g/mol. The summed E-state index contributed by atoms with van der Waals surface area (Å²) < 4.78 is 6.18. The van der Waals surface area contributed by atoms with Crippen LogP contribution in [0.5, 0.6) is 0 Å². The molecule has 1 aliphatic rings. The van der Waals surface area contributed by atoms with Crippen LogP contribution in [0.3, 0.4) is 0 Å². The topological polar surface area (TPSA) is 16.4 Å². The zero-order valence-electron chi connectivity index (χ0n) is 33.1. The minimum absolute atomic E-state index is 0.955. The number of benzene rings is 9. The summed E-state index contributed by atoms with van der Waals surface area (Å²) >= 11 is 0. The molecule has 0 N–H and O–H groups in total. The molecule has 0 amide bonds. The average molecular weight is 768 g/mol. The van der Waals surface area contributed by atoms with Gasteiger partial charge in [-0.1, -0.05) is 158 Å². The lowest BCUT2D eigenvalue weighted by atomic mass is 9.94. The predicted molar refractivity (Wildman–Crippen MR) is 253 cm³/mol. The maximum absolute atomic E-state index is 6.18. The van der Waals surface area contributed by atoms with Gasteiger partial charge in [-0.2, -0.15) is 0 Å². The molecular formula is C58H41NO. The smallest absolute Gasteiger partial charge is 0.135 e. The molecule has 2 heteroatoms. The van der Waals surface area contributed by atoms with E-state index in [4.69, 9.17) is 4.42 Å². The van der Waals surface area contributed by atoms with Crippen molar-refractivity contribution < 1.29 is 4.42 Å². The molecule has 0 atom stereocenters. The Morgan fingerprint density at radius 3 is 1.55 bits per heavy atom. The zero-order valence-corrected chi connectivity index (χ0v) is 33.1. The van der Waals surface area contributed by atoms with Crippen LogP contribution in [0, 0.1) is 0 Å². The summed E-state index contributed by atoms with van der Waals surface area (Å²) in [6.07, 6.45) is 6.38. The second kappa shape index (κ2) is 15.2. The third-order valence-corrected chi connectivity index (χ3v) is 12.0. The van der Waals surface area contributed by atoms with Crippen LogP contribution in [0.2, 0.25) is 0 Å². The molecule has 10 aromatic rings. The molecule has 0 saturated carbocycles. The Morgan fingerprint density at radius 1 is 0.367 bits per heavy atom. The maximum atomic E-state index is 6.18. The number of hydrogen-bond donors (Lipinski definition) is 0. The zero-order chi connectivity index (χ0) is 39.8. The van der Waals surface area contributed by atoms with Gasteiger partial charge in [-0.3, -0.25) is 0 Å². The molecular weight excluding hydrogens is 727 g/mol. The molecule has 2 nitrogen and oxygen atoms in total. The molecule has 284 valence electrons. The molecule has 60 heavy (non-hydrogen) atoms. The second-order valence-electron chi connectivity index (χ2n) is 15.6. The van der Waals surface area contributed by atoms with E-state index in [1.807, 2.05) is 0 Å². The molecule has 11 rings (SSSR count). The molecule has 0 spiro atoms. The summed E-state index contributed by atoms with van der Waals surface area (Å²) in [6.45, 7) is 0. The van der Waals surface area contributed by atoms with Crippen molar-refractivity contribution in [2.75, 3.05) is 4.90 Å². The number of furan rings is 1. The predicted octanol–water partition coefficient (Wildman–Crippen LogP) is 16.4. The van der Waals surface area contributed by atoms with E-state index in [0.717, 1.165) is 41.2 Å².